The van der Waals surface area contributed by atoms with Gasteiger partial charge in [-0.05, 0) is 31.8 Å². The highest BCUT2D eigenvalue weighted by Gasteiger charge is 2.34. The fraction of sp³-hybridized carbons (Fsp3) is 0.800. The zero-order valence-corrected chi connectivity index (χ0v) is 13.1. The fourth-order valence-corrected chi connectivity index (χ4v) is 2.39. The minimum Gasteiger partial charge on any atom is -0.459 e. The van der Waals surface area contributed by atoms with Gasteiger partial charge in [-0.3, -0.25) is 4.79 Å². The first-order chi connectivity index (χ1) is 10.1. The predicted molar refractivity (Wildman–Crippen MR) is 78.4 cm³/mol. The second-order valence-corrected chi connectivity index (χ2v) is 5.11. The minimum absolute atomic E-state index is 0.146. The highest BCUT2D eigenvalue weighted by Crippen LogP contribution is 2.32. The molecule has 6 heteroatoms. The van der Waals surface area contributed by atoms with Gasteiger partial charge in [-0.15, -0.1) is 0 Å². The van der Waals surface area contributed by atoms with E-state index >= 15 is 0 Å². The number of hydrogen-bond acceptors (Lipinski definition) is 5. The molecule has 2 N–H and O–H groups in total. The van der Waals surface area contributed by atoms with Gasteiger partial charge in [0.05, 0.1) is 6.61 Å². The summed E-state index contributed by atoms with van der Waals surface area (Å²) < 4.78 is 16.2. The van der Waals surface area contributed by atoms with Gasteiger partial charge in [-0.2, -0.15) is 0 Å². The van der Waals surface area contributed by atoms with Crippen LogP contribution in [0, 0.1) is 11.8 Å². The average molecular weight is 301 g/mol. The Labute approximate surface area is 126 Å². The summed E-state index contributed by atoms with van der Waals surface area (Å²) in [6.07, 6.45) is 2.90. The first-order valence-electron chi connectivity index (χ1n) is 7.52. The summed E-state index contributed by atoms with van der Waals surface area (Å²) in [5.41, 5.74) is 0. The first kappa shape index (κ1) is 17.9. The molecular weight excluding hydrogens is 274 g/mol. The standard InChI is InChI=1S/C15H27NO5/c1-4-20-15-12(6-5-8-17)11(2)10-13(21-15)14(18)16-7-9-19-3/h10-12,15,17H,4-9H2,1-3H3,(H,16,18)/t11-,12-,15+/m1/s1. The number of aliphatic hydroxyl groups excluding tert-OH is 1. The van der Waals surface area contributed by atoms with E-state index in [1.165, 1.54) is 0 Å². The summed E-state index contributed by atoms with van der Waals surface area (Å²) in [6, 6.07) is 0. The zero-order valence-electron chi connectivity index (χ0n) is 13.1. The Morgan fingerprint density at radius 2 is 2.29 bits per heavy atom. The number of carbonyl (C=O) groups excluding carboxylic acids is 1. The largest absolute Gasteiger partial charge is 0.459 e. The first-order valence-corrected chi connectivity index (χ1v) is 7.52. The van der Waals surface area contributed by atoms with Gasteiger partial charge in [-0.1, -0.05) is 6.92 Å². The van der Waals surface area contributed by atoms with Gasteiger partial charge in [0.2, 0.25) is 6.29 Å². The molecule has 0 aromatic rings. The lowest BCUT2D eigenvalue weighted by Crippen LogP contribution is -2.39. The lowest BCUT2D eigenvalue weighted by Gasteiger charge is -2.35. The van der Waals surface area contributed by atoms with Crippen LogP contribution in [0.15, 0.2) is 11.8 Å². The van der Waals surface area contributed by atoms with E-state index in [0.717, 1.165) is 6.42 Å². The van der Waals surface area contributed by atoms with Crippen LogP contribution in [0.2, 0.25) is 0 Å². The Hall–Kier alpha value is -1.11. The van der Waals surface area contributed by atoms with Crippen LogP contribution in [-0.2, 0) is 19.0 Å². The number of amides is 1. The molecule has 1 aliphatic heterocycles. The number of aliphatic hydroxyl groups is 1. The van der Waals surface area contributed by atoms with E-state index in [1.807, 2.05) is 19.9 Å². The fourth-order valence-electron chi connectivity index (χ4n) is 2.39. The molecule has 122 valence electrons. The Morgan fingerprint density at radius 1 is 1.52 bits per heavy atom. The van der Waals surface area contributed by atoms with Crippen molar-refractivity contribution in [1.82, 2.24) is 5.32 Å². The smallest absolute Gasteiger partial charge is 0.286 e. The van der Waals surface area contributed by atoms with Gasteiger partial charge >= 0.3 is 0 Å². The zero-order chi connectivity index (χ0) is 15.7. The molecule has 1 aliphatic rings. The summed E-state index contributed by atoms with van der Waals surface area (Å²) >= 11 is 0. The Bertz CT molecular complexity index is 345. The van der Waals surface area contributed by atoms with Crippen LogP contribution in [-0.4, -0.2) is 50.8 Å². The maximum atomic E-state index is 12.0. The molecule has 0 aromatic carbocycles. The van der Waals surface area contributed by atoms with Crippen molar-refractivity contribution in [3.63, 3.8) is 0 Å². The van der Waals surface area contributed by atoms with E-state index in [0.29, 0.717) is 31.9 Å². The van der Waals surface area contributed by atoms with Crippen molar-refractivity contribution in [2.75, 3.05) is 33.5 Å². The number of ether oxygens (including phenoxy) is 3. The predicted octanol–water partition coefficient (Wildman–Crippen LogP) is 1.05. The second-order valence-electron chi connectivity index (χ2n) is 5.11. The Morgan fingerprint density at radius 3 is 2.90 bits per heavy atom. The van der Waals surface area contributed by atoms with Gasteiger partial charge in [0.25, 0.3) is 5.91 Å². The van der Waals surface area contributed by atoms with Crippen molar-refractivity contribution < 1.29 is 24.1 Å². The molecule has 0 radical (unpaired) electrons. The summed E-state index contributed by atoms with van der Waals surface area (Å²) in [7, 11) is 1.58. The van der Waals surface area contributed by atoms with Gasteiger partial charge in [0.1, 0.15) is 0 Å². The number of hydrogen-bond donors (Lipinski definition) is 2. The summed E-state index contributed by atoms with van der Waals surface area (Å²) in [6.45, 7) is 5.51. The Balaban J connectivity index is 2.68. The van der Waals surface area contributed by atoms with Crippen molar-refractivity contribution in [2.24, 2.45) is 11.8 Å². The summed E-state index contributed by atoms with van der Waals surface area (Å²) in [5.74, 6) is 0.360. The topological polar surface area (TPSA) is 77.0 Å². The molecule has 0 fully saturated rings. The third-order valence-electron chi connectivity index (χ3n) is 3.52. The number of rotatable bonds is 9. The number of methoxy groups -OCH3 is 1. The van der Waals surface area contributed by atoms with Crippen LogP contribution in [0.3, 0.4) is 0 Å². The third-order valence-corrected chi connectivity index (χ3v) is 3.52. The molecule has 21 heavy (non-hydrogen) atoms. The molecule has 0 aliphatic carbocycles. The van der Waals surface area contributed by atoms with E-state index in [9.17, 15) is 4.79 Å². The average Bonchev–Trinajstić information content (AvgIpc) is 2.46. The van der Waals surface area contributed by atoms with Gasteiger partial charge < -0.3 is 24.6 Å². The maximum Gasteiger partial charge on any atom is 0.286 e. The second kappa shape index (κ2) is 9.76. The molecule has 1 heterocycles. The van der Waals surface area contributed by atoms with E-state index in [-0.39, 0.29) is 24.3 Å². The van der Waals surface area contributed by atoms with Crippen LogP contribution in [0.4, 0.5) is 0 Å². The number of nitrogens with one attached hydrogen (secondary N) is 1. The molecule has 0 unspecified atom stereocenters. The molecule has 0 saturated carbocycles. The minimum atomic E-state index is -0.440. The van der Waals surface area contributed by atoms with Gasteiger partial charge in [-0.25, -0.2) is 0 Å². The maximum absolute atomic E-state index is 12.0. The Kier molecular flexibility index (Phi) is 8.34. The van der Waals surface area contributed by atoms with Crippen molar-refractivity contribution in [3.8, 4) is 0 Å². The molecule has 0 spiro atoms. The molecule has 3 atom stereocenters. The van der Waals surface area contributed by atoms with E-state index in [2.05, 4.69) is 5.32 Å². The summed E-state index contributed by atoms with van der Waals surface area (Å²) in [5, 5.41) is 11.7. The van der Waals surface area contributed by atoms with Crippen LogP contribution < -0.4 is 5.32 Å². The lowest BCUT2D eigenvalue weighted by molar-refractivity contribution is -0.171. The number of carbonyl (C=O) groups is 1. The SMILES string of the molecule is CCO[C@H]1OC(C(=O)NCCOC)=C[C@@H](C)[C@H]1CCCO. The van der Waals surface area contributed by atoms with Crippen LogP contribution in [0.25, 0.3) is 0 Å². The lowest BCUT2D eigenvalue weighted by atomic mass is 9.87. The molecule has 1 amide bonds. The third kappa shape index (κ3) is 5.65. The molecule has 6 nitrogen and oxygen atoms in total. The molecular formula is C15H27NO5. The van der Waals surface area contributed by atoms with E-state index in [1.54, 1.807) is 7.11 Å². The van der Waals surface area contributed by atoms with Crippen molar-refractivity contribution in [2.45, 2.75) is 33.0 Å². The van der Waals surface area contributed by atoms with Gasteiger partial charge in [0, 0.05) is 32.8 Å². The molecule has 1 rings (SSSR count). The molecule has 0 saturated heterocycles. The van der Waals surface area contributed by atoms with E-state index < -0.39 is 6.29 Å². The quantitative estimate of drug-likeness (QED) is 0.623. The molecule has 0 aromatic heterocycles. The normalized spacial score (nSPS) is 25.1. The van der Waals surface area contributed by atoms with Crippen LogP contribution >= 0.6 is 0 Å². The van der Waals surface area contributed by atoms with E-state index in [4.69, 9.17) is 19.3 Å². The van der Waals surface area contributed by atoms with Crippen molar-refractivity contribution in [1.29, 1.82) is 0 Å². The van der Waals surface area contributed by atoms with Crippen molar-refractivity contribution >= 4 is 5.91 Å². The van der Waals surface area contributed by atoms with Crippen LogP contribution in [0.5, 0.6) is 0 Å². The highest BCUT2D eigenvalue weighted by atomic mass is 16.7. The highest BCUT2D eigenvalue weighted by molar-refractivity contribution is 5.91. The molecule has 0 bridgehead atoms. The van der Waals surface area contributed by atoms with Crippen molar-refractivity contribution in [3.05, 3.63) is 11.8 Å². The number of allylic oxidation sites excluding steroid dienone is 1. The monoisotopic (exact) mass is 301 g/mol. The van der Waals surface area contributed by atoms with Gasteiger partial charge in [0.15, 0.2) is 5.76 Å². The van der Waals surface area contributed by atoms with Crippen LogP contribution in [0.1, 0.15) is 26.7 Å². The summed E-state index contributed by atoms with van der Waals surface area (Å²) in [4.78, 5) is 12.0.